The molecular formula is C16H20ClF4N3O. The van der Waals surface area contributed by atoms with Crippen molar-refractivity contribution >= 4 is 18.3 Å². The highest BCUT2D eigenvalue weighted by Gasteiger charge is 2.35. The molecule has 1 aromatic rings. The van der Waals surface area contributed by atoms with Crippen LogP contribution >= 0.6 is 12.4 Å². The van der Waals surface area contributed by atoms with Crippen LogP contribution in [0.4, 0.5) is 17.6 Å². The Hall–Kier alpha value is -1.38. The summed E-state index contributed by atoms with van der Waals surface area (Å²) in [5.74, 6) is -1.59. The smallest absolute Gasteiger partial charge is 0.337 e. The van der Waals surface area contributed by atoms with Gasteiger partial charge in [-0.1, -0.05) is 0 Å². The summed E-state index contributed by atoms with van der Waals surface area (Å²) in [6.45, 7) is 4.38. The first kappa shape index (κ1) is 19.9. The van der Waals surface area contributed by atoms with Gasteiger partial charge in [-0.2, -0.15) is 13.2 Å². The van der Waals surface area contributed by atoms with E-state index >= 15 is 0 Å². The molecule has 0 saturated carbocycles. The monoisotopic (exact) mass is 381 g/mol. The predicted molar refractivity (Wildman–Crippen MR) is 87.4 cm³/mol. The van der Waals surface area contributed by atoms with Crippen molar-refractivity contribution in [3.8, 4) is 0 Å². The molecule has 0 radical (unpaired) electrons. The summed E-state index contributed by atoms with van der Waals surface area (Å²) in [6.07, 6.45) is -3.84. The first-order valence-electron chi connectivity index (χ1n) is 7.97. The molecule has 0 aliphatic carbocycles. The van der Waals surface area contributed by atoms with Gasteiger partial charge >= 0.3 is 6.18 Å². The van der Waals surface area contributed by atoms with Crippen LogP contribution in [0.3, 0.4) is 0 Å². The number of hydrogen-bond acceptors (Lipinski definition) is 3. The van der Waals surface area contributed by atoms with E-state index in [1.54, 1.807) is 0 Å². The topological polar surface area (TPSA) is 35.6 Å². The Morgan fingerprint density at radius 1 is 1.16 bits per heavy atom. The van der Waals surface area contributed by atoms with Crippen LogP contribution in [0.15, 0.2) is 18.2 Å². The number of halogens is 5. The highest BCUT2D eigenvalue weighted by Crippen LogP contribution is 2.31. The third-order valence-corrected chi connectivity index (χ3v) is 4.64. The molecule has 0 spiro atoms. The fourth-order valence-corrected chi connectivity index (χ4v) is 3.31. The average Bonchev–Trinajstić information content (AvgIpc) is 3.04. The third-order valence-electron chi connectivity index (χ3n) is 4.64. The maximum atomic E-state index is 13.9. The molecule has 2 saturated heterocycles. The van der Waals surface area contributed by atoms with Crippen molar-refractivity contribution in [3.05, 3.63) is 35.1 Å². The number of piperazine rings is 1. The van der Waals surface area contributed by atoms with Crippen LogP contribution in [0, 0.1) is 5.82 Å². The molecule has 2 aliphatic rings. The van der Waals surface area contributed by atoms with Crippen LogP contribution < -0.4 is 5.32 Å². The second-order valence-corrected chi connectivity index (χ2v) is 6.17. The lowest BCUT2D eigenvalue weighted by Gasteiger charge is -2.32. The summed E-state index contributed by atoms with van der Waals surface area (Å²) in [5.41, 5.74) is -1.52. The van der Waals surface area contributed by atoms with Crippen molar-refractivity contribution in [2.75, 3.05) is 39.3 Å². The second-order valence-electron chi connectivity index (χ2n) is 6.17. The quantitative estimate of drug-likeness (QED) is 0.799. The third kappa shape index (κ3) is 4.43. The molecule has 0 bridgehead atoms. The van der Waals surface area contributed by atoms with E-state index in [1.165, 1.54) is 4.90 Å². The summed E-state index contributed by atoms with van der Waals surface area (Å²) in [5, 5.41) is 3.25. The largest absolute Gasteiger partial charge is 0.416 e. The Labute approximate surface area is 149 Å². The van der Waals surface area contributed by atoms with Gasteiger partial charge in [-0.15, -0.1) is 12.4 Å². The van der Waals surface area contributed by atoms with Crippen LogP contribution in [0.25, 0.3) is 0 Å². The Morgan fingerprint density at radius 3 is 2.48 bits per heavy atom. The predicted octanol–water partition coefficient (Wildman–Crippen LogP) is 2.39. The minimum atomic E-state index is -4.60. The molecule has 3 rings (SSSR count). The maximum absolute atomic E-state index is 13.9. The number of alkyl halides is 3. The lowest BCUT2D eigenvalue weighted by atomic mass is 10.1. The fourth-order valence-electron chi connectivity index (χ4n) is 3.31. The molecule has 2 heterocycles. The lowest BCUT2D eigenvalue weighted by molar-refractivity contribution is -0.137. The standard InChI is InChI=1S/C16H19F4N3O.ClH/c17-14-2-1-11(16(18,19)20)9-13(14)15(24)23-6-3-12(10-23)22-7-4-21-5-8-22;/h1-2,9,12,21H,3-8,10H2;1H. The van der Waals surface area contributed by atoms with Crippen LogP contribution in [0.2, 0.25) is 0 Å². The van der Waals surface area contributed by atoms with E-state index in [9.17, 15) is 22.4 Å². The molecule has 1 unspecified atom stereocenters. The summed E-state index contributed by atoms with van der Waals surface area (Å²) >= 11 is 0. The van der Waals surface area contributed by atoms with Gasteiger partial charge in [0, 0.05) is 45.3 Å². The summed E-state index contributed by atoms with van der Waals surface area (Å²) in [6, 6.07) is 2.15. The number of likely N-dealkylation sites (tertiary alicyclic amines) is 1. The zero-order valence-corrected chi connectivity index (χ0v) is 14.3. The van der Waals surface area contributed by atoms with Crippen molar-refractivity contribution in [3.63, 3.8) is 0 Å². The Balaban J connectivity index is 0.00000225. The summed E-state index contributed by atoms with van der Waals surface area (Å²) in [7, 11) is 0. The number of carbonyl (C=O) groups is 1. The van der Waals surface area contributed by atoms with Crippen molar-refractivity contribution in [2.45, 2.75) is 18.6 Å². The number of nitrogens with one attached hydrogen (secondary N) is 1. The van der Waals surface area contributed by atoms with E-state index < -0.39 is 29.0 Å². The van der Waals surface area contributed by atoms with Gasteiger partial charge in [0.25, 0.3) is 5.91 Å². The number of amides is 1. The van der Waals surface area contributed by atoms with Gasteiger partial charge in [0.15, 0.2) is 0 Å². The van der Waals surface area contributed by atoms with E-state index in [0.717, 1.165) is 32.6 Å². The molecule has 1 atom stereocenters. The first-order valence-corrected chi connectivity index (χ1v) is 7.97. The molecule has 0 aromatic heterocycles. The Kier molecular flexibility index (Phi) is 6.29. The van der Waals surface area contributed by atoms with E-state index in [-0.39, 0.29) is 18.4 Å². The fraction of sp³-hybridized carbons (Fsp3) is 0.562. The van der Waals surface area contributed by atoms with Crippen LogP contribution in [-0.2, 0) is 6.18 Å². The minimum absolute atomic E-state index is 0. The van der Waals surface area contributed by atoms with Gasteiger partial charge in [0.1, 0.15) is 5.82 Å². The summed E-state index contributed by atoms with van der Waals surface area (Å²) < 4.78 is 52.2. The number of nitrogens with zero attached hydrogens (tertiary/aromatic N) is 2. The van der Waals surface area contributed by atoms with Crippen LogP contribution in [0.1, 0.15) is 22.3 Å². The molecule has 2 fully saturated rings. The van der Waals surface area contributed by atoms with Crippen molar-refractivity contribution in [1.29, 1.82) is 0 Å². The molecule has 2 aliphatic heterocycles. The number of carbonyl (C=O) groups excluding carboxylic acids is 1. The van der Waals surface area contributed by atoms with E-state index in [0.29, 0.717) is 31.3 Å². The number of hydrogen-bond donors (Lipinski definition) is 1. The zero-order chi connectivity index (χ0) is 17.3. The molecular weight excluding hydrogens is 362 g/mol. The van der Waals surface area contributed by atoms with Gasteiger partial charge in [-0.05, 0) is 24.6 Å². The molecule has 140 valence electrons. The normalized spacial score (nSPS) is 21.9. The highest BCUT2D eigenvalue weighted by molar-refractivity contribution is 5.95. The zero-order valence-electron chi connectivity index (χ0n) is 13.5. The van der Waals surface area contributed by atoms with Gasteiger partial charge in [-0.25, -0.2) is 4.39 Å². The molecule has 25 heavy (non-hydrogen) atoms. The van der Waals surface area contributed by atoms with E-state index in [1.807, 2.05) is 0 Å². The van der Waals surface area contributed by atoms with Crippen LogP contribution in [0.5, 0.6) is 0 Å². The van der Waals surface area contributed by atoms with Crippen molar-refractivity contribution in [2.24, 2.45) is 0 Å². The number of benzene rings is 1. The van der Waals surface area contributed by atoms with E-state index in [2.05, 4.69) is 10.2 Å². The van der Waals surface area contributed by atoms with Gasteiger partial charge in [0.2, 0.25) is 0 Å². The van der Waals surface area contributed by atoms with Crippen LogP contribution in [-0.4, -0.2) is 61.0 Å². The minimum Gasteiger partial charge on any atom is -0.337 e. The second kappa shape index (κ2) is 7.88. The maximum Gasteiger partial charge on any atom is 0.416 e. The molecule has 4 nitrogen and oxygen atoms in total. The average molecular weight is 382 g/mol. The summed E-state index contributed by atoms with van der Waals surface area (Å²) in [4.78, 5) is 16.2. The molecule has 1 aromatic carbocycles. The lowest BCUT2D eigenvalue weighted by Crippen LogP contribution is -2.49. The number of rotatable bonds is 2. The van der Waals surface area contributed by atoms with Gasteiger partial charge in [0.05, 0.1) is 11.1 Å². The highest BCUT2D eigenvalue weighted by atomic mass is 35.5. The Morgan fingerprint density at radius 2 is 1.84 bits per heavy atom. The molecule has 9 heteroatoms. The molecule has 1 N–H and O–H groups in total. The van der Waals surface area contributed by atoms with E-state index in [4.69, 9.17) is 0 Å². The molecule has 1 amide bonds. The van der Waals surface area contributed by atoms with Crippen molar-refractivity contribution < 1.29 is 22.4 Å². The van der Waals surface area contributed by atoms with Gasteiger partial charge in [-0.3, -0.25) is 9.69 Å². The Bertz CT molecular complexity index is 620. The van der Waals surface area contributed by atoms with Crippen molar-refractivity contribution in [1.82, 2.24) is 15.1 Å². The van der Waals surface area contributed by atoms with Gasteiger partial charge < -0.3 is 10.2 Å². The SMILES string of the molecule is Cl.O=C(c1cc(C(F)(F)F)ccc1F)N1CCC(N2CCNCC2)C1. The first-order chi connectivity index (χ1) is 11.4.